The first-order valence-corrected chi connectivity index (χ1v) is 21.4. The zero-order valence-corrected chi connectivity index (χ0v) is 33.3. The van der Waals surface area contributed by atoms with E-state index in [9.17, 15) is 19.4 Å². The van der Waals surface area contributed by atoms with E-state index in [2.05, 4.69) is 43.5 Å². The van der Waals surface area contributed by atoms with Crippen molar-refractivity contribution in [3.8, 4) is 0 Å². The van der Waals surface area contributed by atoms with Gasteiger partial charge in [0.05, 0.1) is 39.9 Å². The van der Waals surface area contributed by atoms with E-state index in [1.807, 2.05) is 27.2 Å². The molecule has 9 heteroatoms. The number of allylic oxidation sites excluding steroid dienone is 5. The minimum absolute atomic E-state index is 0.0513. The third-order valence-corrected chi connectivity index (χ3v) is 9.57. The fourth-order valence-electron chi connectivity index (χ4n) is 5.35. The Morgan fingerprint density at radius 1 is 0.673 bits per heavy atom. The Labute approximate surface area is 302 Å². The second-order valence-corrected chi connectivity index (χ2v) is 16.1. The van der Waals surface area contributed by atoms with Gasteiger partial charge in [0, 0.05) is 6.42 Å². The van der Waals surface area contributed by atoms with Crippen LogP contribution in [0.15, 0.2) is 36.5 Å². The van der Waals surface area contributed by atoms with Crippen molar-refractivity contribution in [2.75, 3.05) is 40.9 Å². The first-order chi connectivity index (χ1) is 23.5. The van der Waals surface area contributed by atoms with E-state index >= 15 is 0 Å². The molecule has 0 spiro atoms. The molecule has 0 aromatic rings. The van der Waals surface area contributed by atoms with Crippen molar-refractivity contribution in [1.29, 1.82) is 0 Å². The van der Waals surface area contributed by atoms with E-state index in [4.69, 9.17) is 9.05 Å². The average molecular weight is 714 g/mol. The average Bonchev–Trinajstić information content (AvgIpc) is 3.04. The van der Waals surface area contributed by atoms with E-state index in [1.165, 1.54) is 103 Å². The zero-order chi connectivity index (χ0) is 36.5. The molecule has 8 nitrogen and oxygen atoms in total. The Morgan fingerprint density at radius 3 is 1.65 bits per heavy atom. The van der Waals surface area contributed by atoms with E-state index in [0.717, 1.165) is 32.1 Å². The highest BCUT2D eigenvalue weighted by atomic mass is 31.2. The highest BCUT2D eigenvalue weighted by Crippen LogP contribution is 2.43. The summed E-state index contributed by atoms with van der Waals surface area (Å²) >= 11 is 0. The summed E-state index contributed by atoms with van der Waals surface area (Å²) in [7, 11) is 1.53. The van der Waals surface area contributed by atoms with Crippen molar-refractivity contribution >= 4 is 13.7 Å². The minimum Gasteiger partial charge on any atom is -0.387 e. The molecule has 0 aliphatic heterocycles. The fourth-order valence-corrected chi connectivity index (χ4v) is 6.09. The van der Waals surface area contributed by atoms with E-state index in [0.29, 0.717) is 23.9 Å². The maximum absolute atomic E-state index is 12.7. The third-order valence-electron chi connectivity index (χ3n) is 8.58. The molecule has 0 radical (unpaired) electrons. The number of hydrogen-bond donors (Lipinski definition) is 3. The highest BCUT2D eigenvalue weighted by molar-refractivity contribution is 7.47. The van der Waals surface area contributed by atoms with Gasteiger partial charge in [0.25, 0.3) is 0 Å². The standard InChI is InChI=1S/C40H77N2O6P/c1-6-8-10-12-14-16-17-18-19-20-21-22-23-24-26-27-29-31-33-39(43)38(37-48-49(45,46)47-36-35-42(3,4)5)41-40(44)34-32-30-28-25-15-13-11-9-7-2/h24-26,28,31,33,38-39,43H,6-23,27,29-30,32,34-37H2,1-5H3,(H-,41,44,45,46)/p+1/b26-24+,28-25-,33-31+. The van der Waals surface area contributed by atoms with Gasteiger partial charge in [-0.2, -0.15) is 0 Å². The molecule has 0 heterocycles. The monoisotopic (exact) mass is 714 g/mol. The van der Waals surface area contributed by atoms with Crippen LogP contribution in [0, 0.1) is 0 Å². The lowest BCUT2D eigenvalue weighted by Crippen LogP contribution is -2.45. The van der Waals surface area contributed by atoms with Crippen molar-refractivity contribution in [3.63, 3.8) is 0 Å². The molecule has 0 rings (SSSR count). The number of rotatable bonds is 35. The number of carbonyl (C=O) groups is 1. The Balaban J connectivity index is 4.53. The molecule has 0 saturated carbocycles. The number of unbranched alkanes of at least 4 members (excludes halogenated alkanes) is 18. The minimum atomic E-state index is -4.34. The summed E-state index contributed by atoms with van der Waals surface area (Å²) in [5, 5.41) is 13.7. The molecule has 0 aromatic heterocycles. The van der Waals surface area contributed by atoms with Crippen LogP contribution >= 0.6 is 7.82 Å². The van der Waals surface area contributed by atoms with Crippen molar-refractivity contribution in [1.82, 2.24) is 5.32 Å². The summed E-state index contributed by atoms with van der Waals surface area (Å²) in [6, 6.07) is -0.873. The fraction of sp³-hybridized carbons (Fsp3) is 0.825. The van der Waals surface area contributed by atoms with Crippen LogP contribution < -0.4 is 5.32 Å². The van der Waals surface area contributed by atoms with Crippen LogP contribution in [0.2, 0.25) is 0 Å². The van der Waals surface area contributed by atoms with Gasteiger partial charge in [-0.05, 0) is 51.4 Å². The molecule has 0 saturated heterocycles. The van der Waals surface area contributed by atoms with Crippen LogP contribution in [0.3, 0.4) is 0 Å². The summed E-state index contributed by atoms with van der Waals surface area (Å²) in [5.41, 5.74) is 0. The van der Waals surface area contributed by atoms with Crippen LogP contribution in [0.1, 0.15) is 162 Å². The molecule has 0 bridgehead atoms. The van der Waals surface area contributed by atoms with Gasteiger partial charge >= 0.3 is 7.82 Å². The number of likely N-dealkylation sites (N-methyl/N-ethyl adjacent to an activating group) is 1. The largest absolute Gasteiger partial charge is 0.472 e. The van der Waals surface area contributed by atoms with Crippen molar-refractivity contribution in [2.24, 2.45) is 0 Å². The number of nitrogens with one attached hydrogen (secondary N) is 1. The normalized spacial score (nSPS) is 15.0. The molecule has 49 heavy (non-hydrogen) atoms. The van der Waals surface area contributed by atoms with Gasteiger partial charge in [0.1, 0.15) is 13.2 Å². The molecule has 3 N–H and O–H groups in total. The highest BCUT2D eigenvalue weighted by Gasteiger charge is 2.27. The van der Waals surface area contributed by atoms with Crippen LogP contribution in [-0.4, -0.2) is 73.4 Å². The molecule has 0 aromatic carbocycles. The quantitative estimate of drug-likeness (QED) is 0.0261. The Kier molecular flexibility index (Phi) is 31.8. The van der Waals surface area contributed by atoms with Crippen LogP contribution in [0.4, 0.5) is 0 Å². The number of hydrogen-bond acceptors (Lipinski definition) is 5. The van der Waals surface area contributed by atoms with Gasteiger partial charge in [-0.1, -0.05) is 140 Å². The lowest BCUT2D eigenvalue weighted by Gasteiger charge is -2.25. The Bertz CT molecular complexity index is 902. The maximum atomic E-state index is 12.7. The lowest BCUT2D eigenvalue weighted by molar-refractivity contribution is -0.870. The van der Waals surface area contributed by atoms with Gasteiger partial charge < -0.3 is 19.8 Å². The first-order valence-electron chi connectivity index (χ1n) is 19.9. The molecule has 288 valence electrons. The summed E-state index contributed by atoms with van der Waals surface area (Å²) in [6.07, 6.45) is 38.0. The van der Waals surface area contributed by atoms with E-state index in [-0.39, 0.29) is 19.1 Å². The predicted octanol–water partition coefficient (Wildman–Crippen LogP) is 10.4. The second-order valence-electron chi connectivity index (χ2n) is 14.6. The zero-order valence-electron chi connectivity index (χ0n) is 32.4. The number of aliphatic hydroxyl groups excluding tert-OH is 1. The first kappa shape index (κ1) is 47.7. The summed E-state index contributed by atoms with van der Waals surface area (Å²) in [4.78, 5) is 22.9. The molecule has 3 atom stereocenters. The number of quaternary nitrogens is 1. The maximum Gasteiger partial charge on any atom is 0.472 e. The predicted molar refractivity (Wildman–Crippen MR) is 208 cm³/mol. The van der Waals surface area contributed by atoms with Crippen LogP contribution in [0.25, 0.3) is 0 Å². The van der Waals surface area contributed by atoms with Gasteiger partial charge in [0.15, 0.2) is 0 Å². The SMILES string of the molecule is CCCCCC/C=C\CCCC(=O)NC(COP(=O)(O)OCC[N+](C)(C)C)C(O)/C=C/CC/C=C/CCCCCCCCCCCCCC. The third kappa shape index (κ3) is 34.9. The molecule has 0 aliphatic rings. The number of carbonyl (C=O) groups excluding carboxylic acids is 1. The van der Waals surface area contributed by atoms with E-state index in [1.54, 1.807) is 6.08 Å². The van der Waals surface area contributed by atoms with Crippen LogP contribution in [0.5, 0.6) is 0 Å². The molecule has 1 amide bonds. The van der Waals surface area contributed by atoms with Gasteiger partial charge in [-0.3, -0.25) is 13.8 Å². The van der Waals surface area contributed by atoms with Gasteiger partial charge in [-0.25, -0.2) is 4.57 Å². The molecular weight excluding hydrogens is 635 g/mol. The van der Waals surface area contributed by atoms with Crippen molar-refractivity contribution in [3.05, 3.63) is 36.5 Å². The molecule has 0 fully saturated rings. The molecule has 3 unspecified atom stereocenters. The summed E-state index contributed by atoms with van der Waals surface area (Å²) in [6.45, 7) is 4.71. The van der Waals surface area contributed by atoms with Crippen molar-refractivity contribution in [2.45, 2.75) is 174 Å². The van der Waals surface area contributed by atoms with Gasteiger partial charge in [0.2, 0.25) is 5.91 Å². The Morgan fingerprint density at radius 2 is 1.12 bits per heavy atom. The summed E-state index contributed by atoms with van der Waals surface area (Å²) < 4.78 is 23.4. The number of nitrogens with zero attached hydrogens (tertiary/aromatic N) is 1. The number of amides is 1. The molecule has 0 aliphatic carbocycles. The summed E-state index contributed by atoms with van der Waals surface area (Å²) in [5.74, 6) is -0.225. The lowest BCUT2D eigenvalue weighted by atomic mass is 10.0. The number of phosphoric acid groups is 1. The van der Waals surface area contributed by atoms with Gasteiger partial charge in [-0.15, -0.1) is 0 Å². The Hall–Kier alpha value is -1.28. The van der Waals surface area contributed by atoms with Crippen LogP contribution in [-0.2, 0) is 18.4 Å². The van der Waals surface area contributed by atoms with Crippen molar-refractivity contribution < 1.29 is 32.9 Å². The smallest absolute Gasteiger partial charge is 0.387 e. The number of phosphoric ester groups is 1. The second kappa shape index (κ2) is 32.6. The topological polar surface area (TPSA) is 105 Å². The van der Waals surface area contributed by atoms with E-state index < -0.39 is 20.0 Å². The molecular formula is C40H78N2O6P+. The number of aliphatic hydroxyl groups is 1.